The predicted molar refractivity (Wildman–Crippen MR) is 150 cm³/mol. The molecule has 0 rings (SSSR count). The van der Waals surface area contributed by atoms with Crippen LogP contribution < -0.4 is 5.32 Å². The Kier molecular flexibility index (Phi) is 23.8. The molecule has 0 atom stereocenters. The molecule has 0 aromatic heterocycles. The summed E-state index contributed by atoms with van der Waals surface area (Å²) in [5.74, 6) is -2.72. The van der Waals surface area contributed by atoms with Gasteiger partial charge in [0.25, 0.3) is 0 Å². The molecule has 0 saturated heterocycles. The molecule has 0 aliphatic carbocycles. The van der Waals surface area contributed by atoms with Crippen LogP contribution in [0.25, 0.3) is 0 Å². The number of carbonyl (C=O) groups is 5. The van der Waals surface area contributed by atoms with Crippen molar-refractivity contribution in [3.8, 4) is 0 Å². The number of hydrogen-bond donors (Lipinski definition) is 1. The number of methoxy groups -OCH3 is 1. The van der Waals surface area contributed by atoms with Crippen molar-refractivity contribution in [1.82, 2.24) is 5.32 Å². The molecular weight excluding hydrogens is 574 g/mol. The molecule has 0 amide bonds. The quantitative estimate of drug-likeness (QED) is 0.0533. The van der Waals surface area contributed by atoms with Crippen LogP contribution in [-0.2, 0) is 66.6 Å². The van der Waals surface area contributed by atoms with E-state index >= 15 is 0 Å². The van der Waals surface area contributed by atoms with Crippen molar-refractivity contribution in [3.63, 3.8) is 0 Å². The van der Waals surface area contributed by atoms with E-state index in [1.54, 1.807) is 0 Å². The standard InChI is InChI=1S/C28H43NO14/c1-5-23(30)40-14-10-36-19-28(20-37-11-15-41-24(31)6-2,21-38-12-16-42-25(32)7-3)22-39-13-17-43-26(33)8-9-29-18-27(34)35-4/h5-7,29H,1-3,8-22H2,4H3. The molecule has 0 heterocycles. The van der Waals surface area contributed by atoms with Crippen LogP contribution in [0, 0.1) is 5.41 Å². The van der Waals surface area contributed by atoms with Gasteiger partial charge in [-0.15, -0.1) is 0 Å². The fourth-order valence-corrected chi connectivity index (χ4v) is 2.92. The molecule has 0 fully saturated rings. The molecular formula is C28H43NO14. The van der Waals surface area contributed by atoms with Crippen molar-refractivity contribution >= 4 is 29.8 Å². The monoisotopic (exact) mass is 617 g/mol. The van der Waals surface area contributed by atoms with E-state index in [-0.39, 0.29) is 98.8 Å². The average Bonchev–Trinajstić information content (AvgIpc) is 3.01. The van der Waals surface area contributed by atoms with Gasteiger partial charge in [0.2, 0.25) is 0 Å². The van der Waals surface area contributed by atoms with Gasteiger partial charge >= 0.3 is 29.8 Å². The van der Waals surface area contributed by atoms with Crippen LogP contribution in [0.4, 0.5) is 0 Å². The Balaban J connectivity index is 5.06. The predicted octanol–water partition coefficient (Wildman–Crippen LogP) is -0.0773. The Morgan fingerprint density at radius 3 is 1.30 bits per heavy atom. The van der Waals surface area contributed by atoms with Crippen molar-refractivity contribution in [2.75, 3.05) is 99.5 Å². The number of ether oxygens (including phenoxy) is 9. The molecule has 0 aromatic rings. The number of nitrogens with one attached hydrogen (secondary N) is 1. The van der Waals surface area contributed by atoms with Crippen molar-refractivity contribution < 1.29 is 66.6 Å². The van der Waals surface area contributed by atoms with E-state index in [0.717, 1.165) is 18.2 Å². The lowest BCUT2D eigenvalue weighted by molar-refractivity contribution is -0.149. The topological polar surface area (TPSA) is 180 Å². The molecule has 1 N–H and O–H groups in total. The van der Waals surface area contributed by atoms with Crippen LogP contribution in [0.1, 0.15) is 6.42 Å². The second-order valence-electron chi connectivity index (χ2n) is 8.55. The highest BCUT2D eigenvalue weighted by Crippen LogP contribution is 2.21. The summed E-state index contributed by atoms with van der Waals surface area (Å²) in [5, 5.41) is 2.76. The molecule has 0 saturated carbocycles. The van der Waals surface area contributed by atoms with Gasteiger partial charge in [0, 0.05) is 24.8 Å². The van der Waals surface area contributed by atoms with E-state index in [9.17, 15) is 24.0 Å². The summed E-state index contributed by atoms with van der Waals surface area (Å²) in [5.41, 5.74) is -0.921. The maximum Gasteiger partial charge on any atom is 0.330 e. The van der Waals surface area contributed by atoms with Gasteiger partial charge in [0.1, 0.15) is 26.4 Å². The third-order valence-electron chi connectivity index (χ3n) is 5.04. The van der Waals surface area contributed by atoms with E-state index in [1.165, 1.54) is 7.11 Å². The van der Waals surface area contributed by atoms with Gasteiger partial charge in [0.05, 0.1) is 78.3 Å². The Morgan fingerprint density at radius 2 is 0.953 bits per heavy atom. The van der Waals surface area contributed by atoms with Gasteiger partial charge in [-0.3, -0.25) is 9.59 Å². The smallest absolute Gasteiger partial charge is 0.330 e. The SMILES string of the molecule is C=CC(=O)OCCOCC(COCCOC(=O)C=C)(COCCOC(=O)C=C)COCCOC(=O)CCNCC(=O)OC. The van der Waals surface area contributed by atoms with Crippen LogP contribution >= 0.6 is 0 Å². The largest absolute Gasteiger partial charge is 0.468 e. The molecule has 0 spiro atoms. The Hall–Kier alpha value is -3.63. The molecule has 0 aromatic carbocycles. The van der Waals surface area contributed by atoms with E-state index in [1.807, 2.05) is 0 Å². The van der Waals surface area contributed by atoms with Gasteiger partial charge in [-0.2, -0.15) is 0 Å². The first-order valence-corrected chi connectivity index (χ1v) is 13.3. The molecule has 0 aliphatic heterocycles. The lowest BCUT2D eigenvalue weighted by atomic mass is 9.92. The summed E-state index contributed by atoms with van der Waals surface area (Å²) in [4.78, 5) is 56.8. The minimum absolute atomic E-state index is 0.0226. The van der Waals surface area contributed by atoms with Gasteiger partial charge < -0.3 is 47.9 Å². The minimum Gasteiger partial charge on any atom is -0.468 e. The first kappa shape index (κ1) is 39.4. The zero-order valence-electron chi connectivity index (χ0n) is 24.7. The number of hydrogen-bond acceptors (Lipinski definition) is 15. The zero-order valence-corrected chi connectivity index (χ0v) is 24.7. The Bertz CT molecular complexity index is 801. The molecule has 244 valence electrons. The summed E-state index contributed by atoms with van der Waals surface area (Å²) < 4.78 is 47.3. The summed E-state index contributed by atoms with van der Waals surface area (Å²) in [6.45, 7) is 10.4. The zero-order chi connectivity index (χ0) is 32.2. The highest BCUT2D eigenvalue weighted by molar-refractivity contribution is 5.81. The molecule has 15 heteroatoms. The highest BCUT2D eigenvalue weighted by Gasteiger charge is 2.33. The van der Waals surface area contributed by atoms with Crippen LogP contribution in [0.3, 0.4) is 0 Å². The van der Waals surface area contributed by atoms with Crippen LogP contribution in [0.15, 0.2) is 38.0 Å². The number of carbonyl (C=O) groups excluding carboxylic acids is 5. The summed E-state index contributed by atoms with van der Waals surface area (Å²) in [7, 11) is 1.26. The first-order chi connectivity index (χ1) is 20.7. The fraction of sp³-hybridized carbons (Fsp3) is 0.607. The van der Waals surface area contributed by atoms with Crippen LogP contribution in [-0.4, -0.2) is 129 Å². The lowest BCUT2D eigenvalue weighted by Crippen LogP contribution is -2.43. The normalized spacial score (nSPS) is 10.7. The second-order valence-corrected chi connectivity index (χ2v) is 8.55. The first-order valence-electron chi connectivity index (χ1n) is 13.3. The number of rotatable bonds is 28. The molecule has 0 radical (unpaired) electrons. The molecule has 15 nitrogen and oxygen atoms in total. The van der Waals surface area contributed by atoms with Gasteiger partial charge in [-0.25, -0.2) is 14.4 Å². The van der Waals surface area contributed by atoms with E-state index in [4.69, 9.17) is 37.9 Å². The van der Waals surface area contributed by atoms with E-state index < -0.39 is 35.3 Å². The van der Waals surface area contributed by atoms with E-state index in [2.05, 4.69) is 29.8 Å². The van der Waals surface area contributed by atoms with Crippen molar-refractivity contribution in [1.29, 1.82) is 0 Å². The number of esters is 5. The van der Waals surface area contributed by atoms with Crippen molar-refractivity contribution in [2.24, 2.45) is 5.41 Å². The Morgan fingerprint density at radius 1 is 0.581 bits per heavy atom. The maximum atomic E-state index is 11.9. The third kappa shape index (κ3) is 22.6. The summed E-state index contributed by atoms with van der Waals surface area (Å²) >= 11 is 0. The molecule has 0 aliphatic rings. The van der Waals surface area contributed by atoms with E-state index in [0.29, 0.717) is 0 Å². The third-order valence-corrected chi connectivity index (χ3v) is 5.04. The van der Waals surface area contributed by atoms with Gasteiger partial charge in [-0.1, -0.05) is 19.7 Å². The highest BCUT2D eigenvalue weighted by atomic mass is 16.6. The summed E-state index contributed by atoms with van der Waals surface area (Å²) in [6, 6.07) is 0. The van der Waals surface area contributed by atoms with Gasteiger partial charge in [0.15, 0.2) is 0 Å². The lowest BCUT2D eigenvalue weighted by Gasteiger charge is -2.33. The summed E-state index contributed by atoms with van der Waals surface area (Å²) in [6.07, 6.45) is 3.14. The molecule has 0 bridgehead atoms. The maximum absolute atomic E-state index is 11.9. The van der Waals surface area contributed by atoms with Crippen LogP contribution in [0.5, 0.6) is 0 Å². The molecule has 43 heavy (non-hydrogen) atoms. The van der Waals surface area contributed by atoms with Gasteiger partial charge in [-0.05, 0) is 0 Å². The van der Waals surface area contributed by atoms with Crippen molar-refractivity contribution in [2.45, 2.75) is 6.42 Å². The molecule has 0 unspecified atom stereocenters. The average molecular weight is 618 g/mol. The van der Waals surface area contributed by atoms with Crippen molar-refractivity contribution in [3.05, 3.63) is 38.0 Å². The Labute approximate surface area is 251 Å². The fourth-order valence-electron chi connectivity index (χ4n) is 2.92. The van der Waals surface area contributed by atoms with Crippen LogP contribution in [0.2, 0.25) is 0 Å². The second kappa shape index (κ2) is 26.0. The minimum atomic E-state index is -0.921.